The van der Waals surface area contributed by atoms with Gasteiger partial charge in [-0.05, 0) is 62.4 Å². The number of ether oxygens (including phenoxy) is 4. The maximum atomic E-state index is 11.1. The Morgan fingerprint density at radius 2 is 1.84 bits per heavy atom. The molecule has 1 aliphatic heterocycles. The number of amides is 1. The zero-order valence-corrected chi connectivity index (χ0v) is 18.1. The first-order valence-corrected chi connectivity index (χ1v) is 10.3. The summed E-state index contributed by atoms with van der Waals surface area (Å²) in [5, 5.41) is 12.7. The van der Waals surface area contributed by atoms with Gasteiger partial charge in [-0.1, -0.05) is 18.2 Å². The number of fused-ring (bicyclic) bond motifs is 1. The van der Waals surface area contributed by atoms with E-state index < -0.39 is 11.7 Å². The van der Waals surface area contributed by atoms with Gasteiger partial charge < -0.3 is 24.3 Å². The maximum absolute atomic E-state index is 11.1. The number of nitrogens with one attached hydrogen (secondary N) is 1. The first-order valence-electron chi connectivity index (χ1n) is 10.3. The van der Waals surface area contributed by atoms with Gasteiger partial charge in [-0.2, -0.15) is 5.26 Å². The Labute approximate surface area is 182 Å². The van der Waals surface area contributed by atoms with Crippen molar-refractivity contribution in [1.82, 2.24) is 5.32 Å². The average Bonchev–Trinajstić information content (AvgIpc) is 3.24. The minimum atomic E-state index is -0.811. The molecular weight excluding hydrogens is 396 g/mol. The van der Waals surface area contributed by atoms with E-state index in [0.717, 1.165) is 18.4 Å². The lowest BCUT2D eigenvalue weighted by Crippen LogP contribution is -2.38. The van der Waals surface area contributed by atoms with Gasteiger partial charge in [0.15, 0.2) is 23.0 Å². The largest absolute Gasteiger partial charge is 0.493 e. The Morgan fingerprint density at radius 3 is 2.42 bits per heavy atom. The molecule has 2 aromatic rings. The molecule has 0 fully saturated rings. The summed E-state index contributed by atoms with van der Waals surface area (Å²) in [6.45, 7) is 1.85. The summed E-state index contributed by atoms with van der Waals surface area (Å²) in [5.41, 5.74) is 0.214. The normalized spacial score (nSPS) is 15.4. The van der Waals surface area contributed by atoms with Crippen LogP contribution in [0.4, 0.5) is 0 Å². The van der Waals surface area contributed by atoms with Crippen molar-refractivity contribution in [3.8, 4) is 29.1 Å². The van der Waals surface area contributed by atoms with Crippen LogP contribution >= 0.6 is 0 Å². The molecule has 7 heteroatoms. The van der Waals surface area contributed by atoms with Crippen molar-refractivity contribution < 1.29 is 23.7 Å². The number of carbonyl (C=O) groups is 1. The summed E-state index contributed by atoms with van der Waals surface area (Å²) < 4.78 is 22.4. The summed E-state index contributed by atoms with van der Waals surface area (Å²) in [4.78, 5) is 11.1. The van der Waals surface area contributed by atoms with E-state index in [0.29, 0.717) is 42.3 Å². The zero-order valence-electron chi connectivity index (χ0n) is 18.1. The average molecular weight is 424 g/mol. The van der Waals surface area contributed by atoms with E-state index in [1.54, 1.807) is 14.2 Å². The molecule has 0 radical (unpaired) electrons. The Kier molecular flexibility index (Phi) is 7.24. The molecule has 0 aromatic heterocycles. The molecule has 0 saturated heterocycles. The minimum absolute atomic E-state index is 0.0684. The summed E-state index contributed by atoms with van der Waals surface area (Å²) in [6, 6.07) is 15.4. The van der Waals surface area contributed by atoms with Gasteiger partial charge in [-0.25, -0.2) is 0 Å². The summed E-state index contributed by atoms with van der Waals surface area (Å²) in [7, 11) is 3.19. The zero-order chi connectivity index (χ0) is 22.3. The van der Waals surface area contributed by atoms with E-state index in [9.17, 15) is 10.1 Å². The molecular formula is C24H28N2O5. The second-order valence-electron chi connectivity index (χ2n) is 7.81. The predicted molar refractivity (Wildman–Crippen MR) is 115 cm³/mol. The second-order valence-corrected chi connectivity index (χ2v) is 7.81. The molecule has 2 atom stereocenters. The number of carbonyl (C=O) groups excluding carboxylic acids is 1. The van der Waals surface area contributed by atoms with Crippen molar-refractivity contribution in [1.29, 1.82) is 5.26 Å². The van der Waals surface area contributed by atoms with Gasteiger partial charge in [0, 0.05) is 6.04 Å². The Morgan fingerprint density at radius 1 is 1.16 bits per heavy atom. The highest BCUT2D eigenvalue weighted by atomic mass is 16.7. The molecule has 3 rings (SSSR count). The molecule has 2 aromatic carbocycles. The molecule has 1 amide bonds. The molecule has 1 heterocycles. The van der Waals surface area contributed by atoms with Gasteiger partial charge in [-0.15, -0.1) is 0 Å². The number of para-hydroxylation sites is 2. The lowest BCUT2D eigenvalue weighted by molar-refractivity contribution is -0.110. The SMILES string of the molecule is COc1ccc(CC(CCCC(C)(C#N)C2Oc3ccccc3O2)NC=O)cc1OC. The monoisotopic (exact) mass is 424 g/mol. The molecule has 1 aliphatic rings. The number of methoxy groups -OCH3 is 2. The van der Waals surface area contributed by atoms with Crippen molar-refractivity contribution in [3.05, 3.63) is 48.0 Å². The topological polar surface area (TPSA) is 89.8 Å². The molecule has 0 spiro atoms. The molecule has 0 aliphatic carbocycles. The quantitative estimate of drug-likeness (QED) is 0.551. The van der Waals surface area contributed by atoms with Crippen LogP contribution in [0, 0.1) is 16.7 Å². The van der Waals surface area contributed by atoms with Gasteiger partial charge >= 0.3 is 0 Å². The summed E-state index contributed by atoms with van der Waals surface area (Å²) in [6.07, 6.45) is 2.72. The van der Waals surface area contributed by atoms with Crippen molar-refractivity contribution in [2.75, 3.05) is 14.2 Å². The standard InChI is InChI=1S/C24H28N2O5/c1-24(15-25,23-30-20-8-4-5-9-21(20)31-23)12-6-7-18(26-16-27)13-17-10-11-19(28-2)22(14-17)29-3/h4-5,8-11,14,16,18,23H,6-7,12-13H2,1-3H3,(H,26,27). The van der Waals surface area contributed by atoms with Crippen LogP contribution in [-0.2, 0) is 11.2 Å². The lowest BCUT2D eigenvalue weighted by atomic mass is 9.84. The fraction of sp³-hybridized carbons (Fsp3) is 0.417. The smallest absolute Gasteiger partial charge is 0.259 e. The van der Waals surface area contributed by atoms with Crippen molar-refractivity contribution in [2.24, 2.45) is 5.41 Å². The van der Waals surface area contributed by atoms with Gasteiger partial charge in [0.25, 0.3) is 6.29 Å². The summed E-state index contributed by atoms with van der Waals surface area (Å²) >= 11 is 0. The van der Waals surface area contributed by atoms with Crippen LogP contribution in [0.5, 0.6) is 23.0 Å². The highest BCUT2D eigenvalue weighted by Crippen LogP contribution is 2.41. The molecule has 0 saturated carbocycles. The number of nitrogens with zero attached hydrogens (tertiary/aromatic N) is 1. The number of nitriles is 1. The molecule has 31 heavy (non-hydrogen) atoms. The first kappa shape index (κ1) is 22.3. The van der Waals surface area contributed by atoms with E-state index in [1.165, 1.54) is 0 Å². The van der Waals surface area contributed by atoms with Crippen LogP contribution in [0.1, 0.15) is 31.7 Å². The van der Waals surface area contributed by atoms with Gasteiger partial charge in [0.05, 0.1) is 20.3 Å². The summed E-state index contributed by atoms with van der Waals surface area (Å²) in [5.74, 6) is 2.62. The van der Waals surface area contributed by atoms with Crippen LogP contribution in [0.15, 0.2) is 42.5 Å². The number of benzene rings is 2. The third-order valence-corrected chi connectivity index (χ3v) is 5.58. The fourth-order valence-corrected chi connectivity index (χ4v) is 3.73. The number of hydrogen-bond donors (Lipinski definition) is 1. The number of hydrogen-bond acceptors (Lipinski definition) is 6. The van der Waals surface area contributed by atoms with Gasteiger partial charge in [0.1, 0.15) is 5.41 Å². The molecule has 7 nitrogen and oxygen atoms in total. The van der Waals surface area contributed by atoms with E-state index in [-0.39, 0.29) is 6.04 Å². The van der Waals surface area contributed by atoms with E-state index in [2.05, 4.69) is 11.4 Å². The van der Waals surface area contributed by atoms with Crippen molar-refractivity contribution in [3.63, 3.8) is 0 Å². The lowest BCUT2D eigenvalue weighted by Gasteiger charge is -2.27. The Hall–Kier alpha value is -3.40. The van der Waals surface area contributed by atoms with Crippen molar-refractivity contribution in [2.45, 2.75) is 44.9 Å². The third-order valence-electron chi connectivity index (χ3n) is 5.58. The first-order chi connectivity index (χ1) is 15.0. The Bertz CT molecular complexity index is 917. The molecule has 1 N–H and O–H groups in total. The Balaban J connectivity index is 1.60. The molecule has 2 unspecified atom stereocenters. The second kappa shape index (κ2) is 10.1. The molecule has 164 valence electrons. The van der Waals surface area contributed by atoms with E-state index in [4.69, 9.17) is 18.9 Å². The van der Waals surface area contributed by atoms with Crippen LogP contribution < -0.4 is 24.3 Å². The molecule has 0 bridgehead atoms. The third kappa shape index (κ3) is 5.21. The van der Waals surface area contributed by atoms with Crippen molar-refractivity contribution >= 4 is 6.41 Å². The van der Waals surface area contributed by atoms with E-state index in [1.807, 2.05) is 49.4 Å². The minimum Gasteiger partial charge on any atom is -0.493 e. The van der Waals surface area contributed by atoms with Crippen LogP contribution in [0.25, 0.3) is 0 Å². The predicted octanol–water partition coefficient (Wildman–Crippen LogP) is 3.86. The highest BCUT2D eigenvalue weighted by Gasteiger charge is 2.42. The van der Waals surface area contributed by atoms with Gasteiger partial charge in [-0.3, -0.25) is 4.79 Å². The highest BCUT2D eigenvalue weighted by molar-refractivity contribution is 5.47. The van der Waals surface area contributed by atoms with Gasteiger partial charge in [0.2, 0.25) is 6.41 Å². The van der Waals surface area contributed by atoms with Crippen LogP contribution in [0.3, 0.4) is 0 Å². The fourth-order valence-electron chi connectivity index (χ4n) is 3.73. The number of rotatable bonds is 11. The van der Waals surface area contributed by atoms with Crippen LogP contribution in [0.2, 0.25) is 0 Å². The van der Waals surface area contributed by atoms with E-state index >= 15 is 0 Å². The maximum Gasteiger partial charge on any atom is 0.259 e. The van der Waals surface area contributed by atoms with Crippen LogP contribution in [-0.4, -0.2) is 33.0 Å².